The zero-order valence-corrected chi connectivity index (χ0v) is 10.2. The minimum Gasteiger partial charge on any atom is -0.496 e. The topological polar surface area (TPSA) is 58.1 Å². The van der Waals surface area contributed by atoms with Crippen molar-refractivity contribution in [1.29, 1.82) is 0 Å². The second-order valence-corrected chi connectivity index (χ2v) is 4.04. The van der Waals surface area contributed by atoms with Crippen LogP contribution in [0.25, 0.3) is 11.3 Å². The molecular weight excluding hydrogens is 216 g/mol. The highest BCUT2D eigenvalue weighted by atomic mass is 16.5. The Morgan fingerprint density at radius 3 is 2.59 bits per heavy atom. The quantitative estimate of drug-likeness (QED) is 0.852. The molecule has 4 heteroatoms. The van der Waals surface area contributed by atoms with Gasteiger partial charge in [-0.2, -0.15) is 0 Å². The van der Waals surface area contributed by atoms with E-state index in [2.05, 4.69) is 23.0 Å². The van der Waals surface area contributed by atoms with Gasteiger partial charge in [-0.25, -0.2) is 4.98 Å². The van der Waals surface area contributed by atoms with Crippen LogP contribution in [0.2, 0.25) is 0 Å². The fourth-order valence-corrected chi connectivity index (χ4v) is 1.75. The molecule has 2 N–H and O–H groups in total. The van der Waals surface area contributed by atoms with Crippen molar-refractivity contribution in [3.63, 3.8) is 0 Å². The third kappa shape index (κ3) is 2.17. The molecule has 0 aliphatic heterocycles. The van der Waals surface area contributed by atoms with E-state index < -0.39 is 0 Å². The molecule has 0 atom stereocenters. The Hall–Kier alpha value is -1.81. The molecule has 17 heavy (non-hydrogen) atoms. The first-order chi connectivity index (χ1) is 8.15. The van der Waals surface area contributed by atoms with E-state index in [1.165, 1.54) is 11.1 Å². The maximum absolute atomic E-state index is 9.00. The standard InChI is InChI=1S/C13H16N2O2/c1-8-4-10(12(17-3)5-9(8)2)11-6-14-13(7-16)15-11/h4-6,16H,7H2,1-3H3,(H,14,15). The molecule has 1 aromatic heterocycles. The van der Waals surface area contributed by atoms with Crippen LogP contribution in [0.3, 0.4) is 0 Å². The molecule has 0 radical (unpaired) electrons. The third-order valence-corrected chi connectivity index (χ3v) is 2.88. The van der Waals surface area contributed by atoms with Crippen molar-refractivity contribution in [2.75, 3.05) is 7.11 Å². The van der Waals surface area contributed by atoms with Crippen molar-refractivity contribution in [3.8, 4) is 17.0 Å². The van der Waals surface area contributed by atoms with Gasteiger partial charge < -0.3 is 14.8 Å². The fraction of sp³-hybridized carbons (Fsp3) is 0.308. The van der Waals surface area contributed by atoms with E-state index in [0.717, 1.165) is 17.0 Å². The van der Waals surface area contributed by atoms with Gasteiger partial charge in [-0.05, 0) is 37.1 Å². The molecule has 90 valence electrons. The van der Waals surface area contributed by atoms with Crippen molar-refractivity contribution < 1.29 is 9.84 Å². The van der Waals surface area contributed by atoms with E-state index in [9.17, 15) is 0 Å². The number of nitrogens with one attached hydrogen (secondary N) is 1. The first kappa shape index (κ1) is 11.7. The molecule has 0 aliphatic carbocycles. The lowest BCUT2D eigenvalue weighted by Crippen LogP contribution is -1.92. The van der Waals surface area contributed by atoms with Crippen LogP contribution in [0.5, 0.6) is 5.75 Å². The molecular formula is C13H16N2O2. The molecule has 0 saturated carbocycles. The van der Waals surface area contributed by atoms with E-state index in [4.69, 9.17) is 9.84 Å². The number of hydrogen-bond acceptors (Lipinski definition) is 3. The lowest BCUT2D eigenvalue weighted by molar-refractivity contribution is 0.272. The van der Waals surface area contributed by atoms with E-state index >= 15 is 0 Å². The second-order valence-electron chi connectivity index (χ2n) is 4.04. The first-order valence-electron chi connectivity index (χ1n) is 5.46. The van der Waals surface area contributed by atoms with Crippen LogP contribution >= 0.6 is 0 Å². The van der Waals surface area contributed by atoms with Crippen LogP contribution in [0, 0.1) is 13.8 Å². The Balaban J connectivity index is 2.53. The predicted molar refractivity (Wildman–Crippen MR) is 66.0 cm³/mol. The smallest absolute Gasteiger partial charge is 0.132 e. The number of benzene rings is 1. The zero-order chi connectivity index (χ0) is 12.4. The molecule has 2 rings (SSSR count). The largest absolute Gasteiger partial charge is 0.496 e. The van der Waals surface area contributed by atoms with E-state index in [1.807, 2.05) is 13.0 Å². The van der Waals surface area contributed by atoms with Crippen molar-refractivity contribution in [1.82, 2.24) is 9.97 Å². The van der Waals surface area contributed by atoms with Crippen LogP contribution in [-0.2, 0) is 6.61 Å². The Labute approximate surface area is 100 Å². The molecule has 0 bridgehead atoms. The Kier molecular flexibility index (Phi) is 3.15. The maximum Gasteiger partial charge on any atom is 0.132 e. The summed E-state index contributed by atoms with van der Waals surface area (Å²) in [5, 5.41) is 9.00. The summed E-state index contributed by atoms with van der Waals surface area (Å²) in [6.07, 6.45) is 1.71. The van der Waals surface area contributed by atoms with Crippen LogP contribution in [-0.4, -0.2) is 22.2 Å². The van der Waals surface area contributed by atoms with Gasteiger partial charge in [0, 0.05) is 5.56 Å². The molecule has 1 heterocycles. The van der Waals surface area contributed by atoms with Gasteiger partial charge in [0.2, 0.25) is 0 Å². The maximum atomic E-state index is 9.00. The normalized spacial score (nSPS) is 10.6. The highest BCUT2D eigenvalue weighted by Crippen LogP contribution is 2.31. The summed E-state index contributed by atoms with van der Waals surface area (Å²) in [5.41, 5.74) is 4.20. The SMILES string of the molecule is COc1cc(C)c(C)cc1-c1cnc(CO)[nH]1. The van der Waals surface area contributed by atoms with E-state index in [-0.39, 0.29) is 6.61 Å². The van der Waals surface area contributed by atoms with Gasteiger partial charge in [-0.3, -0.25) is 0 Å². The number of aliphatic hydroxyl groups is 1. The number of ether oxygens (including phenoxy) is 1. The van der Waals surface area contributed by atoms with Gasteiger partial charge in [0.1, 0.15) is 18.2 Å². The summed E-state index contributed by atoms with van der Waals surface area (Å²) < 4.78 is 5.37. The first-order valence-corrected chi connectivity index (χ1v) is 5.46. The molecule has 2 aromatic rings. The molecule has 0 fully saturated rings. The number of aromatic nitrogens is 2. The number of H-pyrrole nitrogens is 1. The second kappa shape index (κ2) is 4.59. The fourth-order valence-electron chi connectivity index (χ4n) is 1.75. The van der Waals surface area contributed by atoms with Crippen LogP contribution in [0.4, 0.5) is 0 Å². The van der Waals surface area contributed by atoms with Gasteiger partial charge in [0.15, 0.2) is 0 Å². The number of hydrogen-bond donors (Lipinski definition) is 2. The molecule has 4 nitrogen and oxygen atoms in total. The van der Waals surface area contributed by atoms with Gasteiger partial charge in [-0.15, -0.1) is 0 Å². The molecule has 0 amide bonds. The number of aryl methyl sites for hydroxylation is 2. The number of nitrogens with zero attached hydrogens (tertiary/aromatic N) is 1. The molecule has 1 aromatic carbocycles. The van der Waals surface area contributed by atoms with Crippen LogP contribution < -0.4 is 4.74 Å². The number of aromatic amines is 1. The average Bonchev–Trinajstić information content (AvgIpc) is 2.80. The van der Waals surface area contributed by atoms with Crippen molar-refractivity contribution in [3.05, 3.63) is 35.3 Å². The van der Waals surface area contributed by atoms with Crippen molar-refractivity contribution >= 4 is 0 Å². The predicted octanol–water partition coefficient (Wildman–Crippen LogP) is 2.19. The summed E-state index contributed by atoms with van der Waals surface area (Å²) in [6, 6.07) is 4.06. The summed E-state index contributed by atoms with van der Waals surface area (Å²) in [4.78, 5) is 7.14. The number of aliphatic hydroxyl groups excluding tert-OH is 1. The van der Waals surface area contributed by atoms with Crippen LogP contribution in [0.1, 0.15) is 17.0 Å². The average molecular weight is 232 g/mol. The van der Waals surface area contributed by atoms with Crippen LogP contribution in [0.15, 0.2) is 18.3 Å². The van der Waals surface area contributed by atoms with E-state index in [1.54, 1.807) is 13.3 Å². The van der Waals surface area contributed by atoms with Crippen molar-refractivity contribution in [2.24, 2.45) is 0 Å². The number of methoxy groups -OCH3 is 1. The monoisotopic (exact) mass is 232 g/mol. The van der Waals surface area contributed by atoms with Gasteiger partial charge >= 0.3 is 0 Å². The lowest BCUT2D eigenvalue weighted by Gasteiger charge is -2.10. The molecule has 0 saturated heterocycles. The summed E-state index contributed by atoms with van der Waals surface area (Å²) in [7, 11) is 1.65. The minimum absolute atomic E-state index is 0.0901. The summed E-state index contributed by atoms with van der Waals surface area (Å²) >= 11 is 0. The van der Waals surface area contributed by atoms with Gasteiger partial charge in [0.05, 0.1) is 19.0 Å². The zero-order valence-electron chi connectivity index (χ0n) is 10.2. The Morgan fingerprint density at radius 1 is 1.29 bits per heavy atom. The molecule has 0 unspecified atom stereocenters. The Bertz CT molecular complexity index is 532. The van der Waals surface area contributed by atoms with E-state index in [0.29, 0.717) is 5.82 Å². The van der Waals surface area contributed by atoms with Gasteiger partial charge in [0.25, 0.3) is 0 Å². The van der Waals surface area contributed by atoms with Crippen molar-refractivity contribution in [2.45, 2.75) is 20.5 Å². The minimum atomic E-state index is -0.0901. The Morgan fingerprint density at radius 2 is 2.00 bits per heavy atom. The summed E-state index contributed by atoms with van der Waals surface area (Å²) in [5.74, 6) is 1.36. The summed E-state index contributed by atoms with van der Waals surface area (Å²) in [6.45, 7) is 4.02. The lowest BCUT2D eigenvalue weighted by atomic mass is 10.0. The molecule has 0 spiro atoms. The number of rotatable bonds is 3. The molecule has 0 aliphatic rings. The third-order valence-electron chi connectivity index (χ3n) is 2.88. The van der Waals surface area contributed by atoms with Gasteiger partial charge in [-0.1, -0.05) is 0 Å². The number of imidazole rings is 1. The highest BCUT2D eigenvalue weighted by Gasteiger charge is 2.10. The highest BCUT2D eigenvalue weighted by molar-refractivity contribution is 5.68.